The number of hydrogen-bond acceptors (Lipinski definition) is 2. The predicted molar refractivity (Wildman–Crippen MR) is 64.8 cm³/mol. The molecule has 5 nitrogen and oxygen atoms in total. The minimum atomic E-state index is -1.18. The van der Waals surface area contributed by atoms with E-state index in [9.17, 15) is 9.59 Å². The molecule has 0 aromatic rings. The van der Waals surface area contributed by atoms with Crippen molar-refractivity contribution >= 4 is 12.0 Å². The summed E-state index contributed by atoms with van der Waals surface area (Å²) in [6.45, 7) is 9.39. The zero-order valence-electron chi connectivity index (χ0n) is 11.2. The summed E-state index contributed by atoms with van der Waals surface area (Å²) >= 11 is 0. The number of carbonyl (C=O) groups excluding carboxylic acids is 1. The van der Waals surface area contributed by atoms with Gasteiger partial charge in [-0.2, -0.15) is 0 Å². The number of likely N-dealkylation sites (N-methyl/N-ethyl adjacent to an activating group) is 1. The first-order chi connectivity index (χ1) is 7.63. The van der Waals surface area contributed by atoms with Gasteiger partial charge in [-0.1, -0.05) is 13.8 Å². The van der Waals surface area contributed by atoms with Crippen LogP contribution in [0.2, 0.25) is 0 Å². The average molecular weight is 242 g/mol. The van der Waals surface area contributed by atoms with E-state index in [0.717, 1.165) is 6.42 Å². The zero-order valence-corrected chi connectivity index (χ0v) is 11.2. The Balaban J connectivity index is 2.68. The van der Waals surface area contributed by atoms with E-state index in [1.165, 1.54) is 18.7 Å². The number of carbonyl (C=O) groups is 2. The van der Waals surface area contributed by atoms with Crippen LogP contribution in [0.3, 0.4) is 0 Å². The van der Waals surface area contributed by atoms with Crippen LogP contribution in [0.1, 0.15) is 41.0 Å². The lowest BCUT2D eigenvalue weighted by Gasteiger charge is -2.34. The van der Waals surface area contributed by atoms with E-state index in [1.54, 1.807) is 6.92 Å². The van der Waals surface area contributed by atoms with Gasteiger partial charge in [-0.3, -0.25) is 0 Å². The topological polar surface area (TPSA) is 69.6 Å². The Hall–Kier alpha value is -1.26. The molecule has 0 aromatic heterocycles. The van der Waals surface area contributed by atoms with Gasteiger partial charge < -0.3 is 15.3 Å². The molecule has 1 rings (SSSR count). The number of rotatable bonds is 4. The number of aliphatic carboxylic acids is 1. The van der Waals surface area contributed by atoms with Crippen molar-refractivity contribution in [2.24, 2.45) is 5.41 Å². The lowest BCUT2D eigenvalue weighted by Crippen LogP contribution is -2.56. The highest BCUT2D eigenvalue weighted by atomic mass is 16.4. The van der Waals surface area contributed by atoms with Gasteiger partial charge in [-0.15, -0.1) is 0 Å². The molecule has 0 saturated heterocycles. The molecule has 0 aliphatic heterocycles. The first kappa shape index (κ1) is 13.8. The van der Waals surface area contributed by atoms with Crippen LogP contribution in [0, 0.1) is 5.41 Å². The van der Waals surface area contributed by atoms with Crippen molar-refractivity contribution in [3.05, 3.63) is 0 Å². The van der Waals surface area contributed by atoms with Crippen LogP contribution in [-0.4, -0.2) is 40.1 Å². The Kier molecular flexibility index (Phi) is 3.41. The summed E-state index contributed by atoms with van der Waals surface area (Å²) in [5, 5.41) is 12.0. The normalized spacial score (nSPS) is 21.8. The molecule has 1 saturated carbocycles. The summed E-state index contributed by atoms with van der Waals surface area (Å²) < 4.78 is 0. The van der Waals surface area contributed by atoms with Crippen molar-refractivity contribution in [1.29, 1.82) is 0 Å². The first-order valence-electron chi connectivity index (χ1n) is 5.94. The van der Waals surface area contributed by atoms with Gasteiger partial charge >= 0.3 is 12.0 Å². The Morgan fingerprint density at radius 3 is 2.24 bits per heavy atom. The summed E-state index contributed by atoms with van der Waals surface area (Å²) in [4.78, 5) is 24.5. The minimum Gasteiger partial charge on any atom is -0.480 e. The largest absolute Gasteiger partial charge is 0.480 e. The van der Waals surface area contributed by atoms with Gasteiger partial charge in [0, 0.05) is 12.6 Å². The molecule has 1 aliphatic carbocycles. The lowest BCUT2D eigenvalue weighted by molar-refractivity contribution is -0.147. The van der Waals surface area contributed by atoms with Crippen molar-refractivity contribution < 1.29 is 14.7 Å². The summed E-state index contributed by atoms with van der Waals surface area (Å²) in [6, 6.07) is -0.135. The molecule has 0 spiro atoms. The molecule has 1 atom stereocenters. The Morgan fingerprint density at radius 2 is 1.94 bits per heavy atom. The lowest BCUT2D eigenvalue weighted by atomic mass is 10.0. The van der Waals surface area contributed by atoms with Crippen molar-refractivity contribution in [3.63, 3.8) is 0 Å². The van der Waals surface area contributed by atoms with Crippen LogP contribution in [0.5, 0.6) is 0 Å². The van der Waals surface area contributed by atoms with Gasteiger partial charge in [0.05, 0.1) is 0 Å². The fourth-order valence-electron chi connectivity index (χ4n) is 1.85. The zero-order chi connectivity index (χ0) is 13.4. The molecule has 0 bridgehead atoms. The van der Waals surface area contributed by atoms with E-state index in [2.05, 4.69) is 19.2 Å². The highest BCUT2D eigenvalue weighted by molar-refractivity contribution is 5.85. The Morgan fingerprint density at radius 1 is 1.47 bits per heavy atom. The quantitative estimate of drug-likeness (QED) is 0.788. The molecule has 1 unspecified atom stereocenters. The van der Waals surface area contributed by atoms with E-state index in [-0.39, 0.29) is 17.5 Å². The minimum absolute atomic E-state index is 0.141. The smallest absolute Gasteiger partial charge is 0.329 e. The summed E-state index contributed by atoms with van der Waals surface area (Å²) in [6.07, 6.45) is 0.948. The van der Waals surface area contributed by atoms with Gasteiger partial charge in [0.15, 0.2) is 0 Å². The average Bonchev–Trinajstić information content (AvgIpc) is 2.73. The van der Waals surface area contributed by atoms with Gasteiger partial charge in [-0.25, -0.2) is 9.59 Å². The highest BCUT2D eigenvalue weighted by Gasteiger charge is 2.48. The molecular weight excluding hydrogens is 220 g/mol. The van der Waals surface area contributed by atoms with Gasteiger partial charge in [0.25, 0.3) is 0 Å². The Bertz CT molecular complexity index is 337. The molecule has 0 radical (unpaired) electrons. The number of carboxylic acids is 1. The highest BCUT2D eigenvalue weighted by Crippen LogP contribution is 2.44. The molecule has 2 amide bonds. The van der Waals surface area contributed by atoms with Gasteiger partial charge in [0.2, 0.25) is 0 Å². The molecule has 5 heteroatoms. The standard InChI is InChI=1S/C12H22N2O3/c1-6-14(12(4,5)9(15)16)10(17)13-8-7-11(8,2)3/h8H,6-7H2,1-5H3,(H,13,17)(H,15,16). The second-order valence-electron chi connectivity index (χ2n) is 5.80. The fourth-order valence-corrected chi connectivity index (χ4v) is 1.85. The van der Waals surface area contributed by atoms with Crippen LogP contribution < -0.4 is 5.32 Å². The third-order valence-corrected chi connectivity index (χ3v) is 3.57. The summed E-state index contributed by atoms with van der Waals surface area (Å²) in [7, 11) is 0. The molecular formula is C12H22N2O3. The fraction of sp³-hybridized carbons (Fsp3) is 0.833. The van der Waals surface area contributed by atoms with E-state index in [4.69, 9.17) is 5.11 Å². The SMILES string of the molecule is CCN(C(=O)NC1CC1(C)C)C(C)(C)C(=O)O. The van der Waals surface area contributed by atoms with Crippen LogP contribution >= 0.6 is 0 Å². The van der Waals surface area contributed by atoms with Crippen molar-refractivity contribution in [2.45, 2.75) is 52.6 Å². The van der Waals surface area contributed by atoms with Gasteiger partial charge in [0.1, 0.15) is 5.54 Å². The first-order valence-corrected chi connectivity index (χ1v) is 5.94. The van der Waals surface area contributed by atoms with Crippen molar-refractivity contribution in [1.82, 2.24) is 10.2 Å². The molecule has 98 valence electrons. The number of carboxylic acid groups (broad SMARTS) is 1. The van der Waals surface area contributed by atoms with Crippen molar-refractivity contribution in [3.8, 4) is 0 Å². The third-order valence-electron chi connectivity index (χ3n) is 3.57. The maximum Gasteiger partial charge on any atom is 0.329 e. The maximum absolute atomic E-state index is 12.0. The monoisotopic (exact) mass is 242 g/mol. The van der Waals surface area contributed by atoms with Gasteiger partial charge in [-0.05, 0) is 32.6 Å². The van der Waals surface area contributed by atoms with Crippen LogP contribution in [0.15, 0.2) is 0 Å². The van der Waals surface area contributed by atoms with Crippen LogP contribution in [0.25, 0.3) is 0 Å². The Labute approximate surface area is 102 Å². The molecule has 17 heavy (non-hydrogen) atoms. The molecule has 2 N–H and O–H groups in total. The second-order valence-corrected chi connectivity index (χ2v) is 5.80. The maximum atomic E-state index is 12.0. The molecule has 1 aliphatic rings. The number of hydrogen-bond donors (Lipinski definition) is 2. The number of amides is 2. The predicted octanol–water partition coefficient (Wildman–Crippen LogP) is 1.68. The second kappa shape index (κ2) is 4.20. The summed E-state index contributed by atoms with van der Waals surface area (Å²) in [5.74, 6) is -0.996. The van der Waals surface area contributed by atoms with Crippen molar-refractivity contribution in [2.75, 3.05) is 6.54 Å². The third kappa shape index (κ3) is 2.70. The number of urea groups is 1. The number of nitrogens with one attached hydrogen (secondary N) is 1. The molecule has 0 aromatic carbocycles. The molecule has 1 fully saturated rings. The van der Waals surface area contributed by atoms with E-state index < -0.39 is 11.5 Å². The molecule has 0 heterocycles. The summed E-state index contributed by atoms with van der Waals surface area (Å²) in [5.41, 5.74) is -1.04. The van der Waals surface area contributed by atoms with E-state index in [0.29, 0.717) is 6.54 Å². The van der Waals surface area contributed by atoms with Crippen LogP contribution in [0.4, 0.5) is 4.79 Å². The van der Waals surface area contributed by atoms with Crippen LogP contribution in [-0.2, 0) is 4.79 Å². The van der Waals surface area contributed by atoms with E-state index in [1.807, 2.05) is 0 Å². The number of nitrogens with zero attached hydrogens (tertiary/aromatic N) is 1. The van der Waals surface area contributed by atoms with E-state index >= 15 is 0 Å².